The van der Waals surface area contributed by atoms with Gasteiger partial charge in [0.15, 0.2) is 11.2 Å². The maximum atomic E-state index is 15.5. The van der Waals surface area contributed by atoms with Crippen molar-refractivity contribution in [1.82, 2.24) is 34.5 Å². The molecular formula is C31H36FN9O. The molecule has 2 fully saturated rings. The van der Waals surface area contributed by atoms with Gasteiger partial charge in [-0.25, -0.2) is 19.0 Å². The number of nitrogens with one attached hydrogen (secondary N) is 1. The summed E-state index contributed by atoms with van der Waals surface area (Å²) in [7, 11) is 2.19. The average molecular weight is 570 g/mol. The molecule has 42 heavy (non-hydrogen) atoms. The van der Waals surface area contributed by atoms with E-state index >= 15 is 4.39 Å². The van der Waals surface area contributed by atoms with E-state index in [4.69, 9.17) is 15.2 Å². The monoisotopic (exact) mass is 569 g/mol. The number of likely N-dealkylation sites (N-methyl/N-ethyl adjacent to an activating group) is 1. The second-order valence-electron chi connectivity index (χ2n) is 11.8. The van der Waals surface area contributed by atoms with Crippen LogP contribution in [0.15, 0.2) is 41.1 Å². The van der Waals surface area contributed by atoms with E-state index in [-0.39, 0.29) is 17.7 Å². The number of anilines is 3. The quantitative estimate of drug-likeness (QED) is 0.285. The number of hydrogen-bond donors (Lipinski definition) is 2. The molecule has 2 aliphatic rings. The number of benzene rings is 2. The highest BCUT2D eigenvalue weighted by Crippen LogP contribution is 2.38. The molecule has 0 amide bonds. The van der Waals surface area contributed by atoms with E-state index in [0.717, 1.165) is 68.5 Å². The lowest BCUT2D eigenvalue weighted by atomic mass is 9.90. The van der Waals surface area contributed by atoms with Crippen molar-refractivity contribution in [1.29, 1.82) is 0 Å². The van der Waals surface area contributed by atoms with E-state index in [1.165, 1.54) is 12.4 Å². The summed E-state index contributed by atoms with van der Waals surface area (Å²) in [5.74, 6) is -0.111. The van der Waals surface area contributed by atoms with Crippen LogP contribution in [-0.2, 0) is 0 Å². The molecule has 1 aliphatic heterocycles. The van der Waals surface area contributed by atoms with Crippen molar-refractivity contribution < 1.29 is 8.81 Å². The average Bonchev–Trinajstić information content (AvgIpc) is 3.57. The van der Waals surface area contributed by atoms with E-state index in [1.807, 2.05) is 36.7 Å². The van der Waals surface area contributed by atoms with Gasteiger partial charge in [0.25, 0.3) is 6.01 Å². The maximum Gasteiger partial charge on any atom is 0.300 e. The minimum absolute atomic E-state index is 0.205. The van der Waals surface area contributed by atoms with Gasteiger partial charge in [-0.3, -0.25) is 4.90 Å². The summed E-state index contributed by atoms with van der Waals surface area (Å²) in [6.45, 7) is 8.50. The molecule has 2 aromatic carbocycles. The Morgan fingerprint density at radius 1 is 0.976 bits per heavy atom. The number of aromatic nitrogens is 5. The van der Waals surface area contributed by atoms with E-state index < -0.39 is 5.82 Å². The third kappa shape index (κ3) is 4.86. The van der Waals surface area contributed by atoms with Crippen LogP contribution in [0.3, 0.4) is 0 Å². The van der Waals surface area contributed by atoms with Crippen molar-refractivity contribution in [2.24, 2.45) is 0 Å². The summed E-state index contributed by atoms with van der Waals surface area (Å²) in [5, 5.41) is 8.64. The number of oxazole rings is 1. The smallest absolute Gasteiger partial charge is 0.300 e. The van der Waals surface area contributed by atoms with Crippen LogP contribution in [0.1, 0.15) is 42.9 Å². The number of hydrogen-bond acceptors (Lipinski definition) is 9. The highest BCUT2D eigenvalue weighted by Gasteiger charge is 2.31. The summed E-state index contributed by atoms with van der Waals surface area (Å²) >= 11 is 0. The molecule has 1 aliphatic carbocycles. The summed E-state index contributed by atoms with van der Waals surface area (Å²) in [5.41, 5.74) is 12.0. The van der Waals surface area contributed by atoms with Crippen molar-refractivity contribution in [2.75, 3.05) is 44.3 Å². The SMILES string of the molecule is Cc1cc(C)c2oc(Nc3ccc(-c4nn([C@H]5CC[C@@H](N6CCN(C)CC6)CC5)c5ncnc(N)c45)cc3F)nc2c1. The van der Waals surface area contributed by atoms with Crippen molar-refractivity contribution in [2.45, 2.75) is 51.6 Å². The lowest BCUT2D eigenvalue weighted by molar-refractivity contribution is 0.0815. The molecule has 0 atom stereocenters. The van der Waals surface area contributed by atoms with Crippen LogP contribution in [0, 0.1) is 19.7 Å². The number of aryl methyl sites for hydroxylation is 2. The molecule has 0 bridgehead atoms. The lowest BCUT2D eigenvalue weighted by Gasteiger charge is -2.41. The Kier molecular flexibility index (Phi) is 6.78. The van der Waals surface area contributed by atoms with Crippen molar-refractivity contribution in [3.8, 4) is 11.3 Å². The van der Waals surface area contributed by atoms with Gasteiger partial charge in [0, 0.05) is 37.8 Å². The first kappa shape index (κ1) is 26.8. The fourth-order valence-corrected chi connectivity index (χ4v) is 6.62. The Bertz CT molecular complexity index is 1760. The Morgan fingerprint density at radius 2 is 1.74 bits per heavy atom. The first-order valence-electron chi connectivity index (χ1n) is 14.7. The molecule has 0 radical (unpaired) electrons. The zero-order valence-electron chi connectivity index (χ0n) is 24.3. The number of piperazine rings is 1. The molecule has 0 spiro atoms. The Morgan fingerprint density at radius 3 is 2.50 bits per heavy atom. The Hall–Kier alpha value is -4.09. The molecule has 1 saturated carbocycles. The highest BCUT2D eigenvalue weighted by molar-refractivity contribution is 5.98. The van der Waals surface area contributed by atoms with Gasteiger partial charge in [0.2, 0.25) is 0 Å². The molecule has 218 valence electrons. The predicted molar refractivity (Wildman–Crippen MR) is 162 cm³/mol. The fraction of sp³-hybridized carbons (Fsp3) is 0.419. The number of halogens is 1. The maximum absolute atomic E-state index is 15.5. The summed E-state index contributed by atoms with van der Waals surface area (Å²) < 4.78 is 23.4. The molecule has 1 saturated heterocycles. The van der Waals surface area contributed by atoms with E-state index in [0.29, 0.717) is 39.7 Å². The van der Waals surface area contributed by atoms with Crippen LogP contribution in [0.4, 0.5) is 21.9 Å². The fourth-order valence-electron chi connectivity index (χ4n) is 6.62. The van der Waals surface area contributed by atoms with Crippen LogP contribution in [0.2, 0.25) is 0 Å². The minimum atomic E-state index is -0.450. The third-order valence-electron chi connectivity index (χ3n) is 8.89. The summed E-state index contributed by atoms with van der Waals surface area (Å²) in [6, 6.07) is 9.99. The second kappa shape index (κ2) is 10.6. The first-order valence-corrected chi connectivity index (χ1v) is 14.7. The Labute approximate surface area is 243 Å². The van der Waals surface area contributed by atoms with Gasteiger partial charge in [-0.2, -0.15) is 10.1 Å². The molecule has 7 rings (SSSR count). The topological polar surface area (TPSA) is 114 Å². The van der Waals surface area contributed by atoms with Gasteiger partial charge in [-0.15, -0.1) is 0 Å². The third-order valence-corrected chi connectivity index (χ3v) is 8.89. The number of nitrogens with two attached hydrogens (primary N) is 1. The largest absolute Gasteiger partial charge is 0.423 e. The number of nitrogen functional groups attached to an aromatic ring is 1. The molecular weight excluding hydrogens is 533 g/mol. The van der Waals surface area contributed by atoms with Crippen LogP contribution in [-0.4, -0.2) is 73.8 Å². The highest BCUT2D eigenvalue weighted by atomic mass is 19.1. The van der Waals surface area contributed by atoms with Gasteiger partial charge in [0.1, 0.15) is 29.2 Å². The zero-order chi connectivity index (χ0) is 29.0. The van der Waals surface area contributed by atoms with Gasteiger partial charge in [-0.05, 0) is 75.9 Å². The molecule has 11 heteroatoms. The van der Waals surface area contributed by atoms with Crippen molar-refractivity contribution in [3.63, 3.8) is 0 Å². The summed E-state index contributed by atoms with van der Waals surface area (Å²) in [6.07, 6.45) is 5.74. The number of rotatable bonds is 5. The number of fused-ring (bicyclic) bond motifs is 2. The van der Waals surface area contributed by atoms with Crippen LogP contribution in [0.5, 0.6) is 0 Å². The van der Waals surface area contributed by atoms with E-state index in [9.17, 15) is 0 Å². The molecule has 3 aromatic heterocycles. The molecule has 3 N–H and O–H groups in total. The van der Waals surface area contributed by atoms with Gasteiger partial charge < -0.3 is 20.4 Å². The first-order chi connectivity index (χ1) is 20.3. The minimum Gasteiger partial charge on any atom is -0.423 e. The van der Waals surface area contributed by atoms with Gasteiger partial charge >= 0.3 is 0 Å². The molecule has 4 heterocycles. The van der Waals surface area contributed by atoms with Crippen molar-refractivity contribution >= 4 is 39.7 Å². The Balaban J connectivity index is 1.15. The second-order valence-corrected chi connectivity index (χ2v) is 11.8. The zero-order valence-corrected chi connectivity index (χ0v) is 24.3. The standard InChI is InChI=1S/C31H36FN9O/c1-18-14-19(2)28-25(15-18)37-31(42-28)36-24-9-4-20(16-23(24)32)27-26-29(33)34-17-35-30(26)41(38-27)22-7-5-21(6-8-22)40-12-10-39(3)11-13-40/h4,9,14-17,21-22H,5-8,10-13H2,1-3H3,(H,36,37)(H2,33,34,35)/t21-,22+. The van der Waals surface area contributed by atoms with Gasteiger partial charge in [-0.1, -0.05) is 12.1 Å². The predicted octanol–water partition coefficient (Wildman–Crippen LogP) is 5.45. The normalized spacial score (nSPS) is 20.5. The molecule has 10 nitrogen and oxygen atoms in total. The van der Waals surface area contributed by atoms with E-state index in [2.05, 4.69) is 37.1 Å². The summed E-state index contributed by atoms with van der Waals surface area (Å²) in [4.78, 5) is 18.4. The van der Waals surface area contributed by atoms with Crippen LogP contribution in [0.25, 0.3) is 33.4 Å². The molecule has 0 unspecified atom stereocenters. The van der Waals surface area contributed by atoms with Crippen LogP contribution >= 0.6 is 0 Å². The van der Waals surface area contributed by atoms with E-state index in [1.54, 1.807) is 6.07 Å². The van der Waals surface area contributed by atoms with Gasteiger partial charge in [0.05, 0.1) is 17.1 Å². The molecule has 5 aromatic rings. The number of nitrogens with zero attached hydrogens (tertiary/aromatic N) is 7. The van der Waals surface area contributed by atoms with Crippen LogP contribution < -0.4 is 11.1 Å². The van der Waals surface area contributed by atoms with Crippen molar-refractivity contribution in [3.05, 3.63) is 53.6 Å². The lowest BCUT2D eigenvalue weighted by Crippen LogP contribution is -2.49.